The second-order valence-corrected chi connectivity index (χ2v) is 10.6. The van der Waals surface area contributed by atoms with Gasteiger partial charge in [-0.15, -0.1) is 0 Å². The number of amides is 1. The SMILES string of the molecule is COc1ccc2ncc(N(C)C)c([C@H](O)CCC3(C(=O)NO)CCN(CCNc4cc(F)c(F)c(F)c4)CC3)c2c1. The Kier molecular flexibility index (Phi) is 9.57. The van der Waals surface area contributed by atoms with Gasteiger partial charge in [-0.2, -0.15) is 0 Å². The van der Waals surface area contributed by atoms with Crippen LogP contribution in [-0.2, 0) is 4.79 Å². The molecule has 2 heterocycles. The molecule has 0 bridgehead atoms. The van der Waals surface area contributed by atoms with E-state index in [-0.39, 0.29) is 12.1 Å². The van der Waals surface area contributed by atoms with Gasteiger partial charge >= 0.3 is 0 Å². The van der Waals surface area contributed by atoms with E-state index < -0.39 is 34.9 Å². The topological polar surface area (TPSA) is 110 Å². The smallest absolute Gasteiger partial charge is 0.249 e. The van der Waals surface area contributed by atoms with Crippen LogP contribution >= 0.6 is 0 Å². The number of ether oxygens (including phenoxy) is 1. The predicted molar refractivity (Wildman–Crippen MR) is 150 cm³/mol. The molecule has 41 heavy (non-hydrogen) atoms. The fourth-order valence-electron chi connectivity index (χ4n) is 5.50. The molecular weight excluding hydrogens is 539 g/mol. The highest BCUT2D eigenvalue weighted by Crippen LogP contribution is 2.41. The van der Waals surface area contributed by atoms with E-state index in [0.29, 0.717) is 62.3 Å². The molecule has 222 valence electrons. The predicted octanol–water partition coefficient (Wildman–Crippen LogP) is 4.24. The van der Waals surface area contributed by atoms with Gasteiger partial charge in [0.25, 0.3) is 0 Å². The van der Waals surface area contributed by atoms with Crippen LogP contribution in [0.15, 0.2) is 36.5 Å². The van der Waals surface area contributed by atoms with E-state index in [9.17, 15) is 28.3 Å². The number of piperidine rings is 1. The third kappa shape index (κ3) is 6.66. The van der Waals surface area contributed by atoms with E-state index in [0.717, 1.165) is 23.2 Å². The molecule has 9 nitrogen and oxygen atoms in total. The minimum atomic E-state index is -1.51. The molecule has 1 atom stereocenters. The molecule has 12 heteroatoms. The van der Waals surface area contributed by atoms with Gasteiger partial charge in [0.05, 0.1) is 36.0 Å². The van der Waals surface area contributed by atoms with Crippen molar-refractivity contribution in [1.29, 1.82) is 0 Å². The van der Waals surface area contributed by atoms with Gasteiger partial charge in [-0.3, -0.25) is 15.0 Å². The molecule has 1 aliphatic heterocycles. The van der Waals surface area contributed by atoms with Crippen molar-refractivity contribution < 1.29 is 33.0 Å². The Balaban J connectivity index is 1.43. The van der Waals surface area contributed by atoms with Crippen molar-refractivity contribution in [2.24, 2.45) is 5.41 Å². The monoisotopic (exact) mass is 575 g/mol. The van der Waals surface area contributed by atoms with Gasteiger partial charge < -0.3 is 25.0 Å². The number of aliphatic hydroxyl groups is 1. The van der Waals surface area contributed by atoms with Crippen LogP contribution in [0.2, 0.25) is 0 Å². The number of fused-ring (bicyclic) bond motifs is 1. The lowest BCUT2D eigenvalue weighted by atomic mass is 9.73. The van der Waals surface area contributed by atoms with Crippen LogP contribution < -0.4 is 20.4 Å². The van der Waals surface area contributed by atoms with Crippen LogP contribution in [0.1, 0.15) is 37.4 Å². The average molecular weight is 576 g/mol. The summed E-state index contributed by atoms with van der Waals surface area (Å²) >= 11 is 0. The summed E-state index contributed by atoms with van der Waals surface area (Å²) in [6.07, 6.45) is 2.29. The first-order chi connectivity index (χ1) is 19.6. The maximum absolute atomic E-state index is 13.5. The first kappa shape index (κ1) is 30.4. The zero-order valence-corrected chi connectivity index (χ0v) is 23.4. The Morgan fingerprint density at radius 2 is 1.85 bits per heavy atom. The number of hydroxylamine groups is 1. The molecule has 4 N–H and O–H groups in total. The van der Waals surface area contributed by atoms with Gasteiger partial charge in [0, 0.05) is 56.0 Å². The van der Waals surface area contributed by atoms with Crippen LogP contribution in [0.4, 0.5) is 24.5 Å². The number of nitrogens with zero attached hydrogens (tertiary/aromatic N) is 3. The second kappa shape index (κ2) is 12.9. The minimum absolute atomic E-state index is 0.139. The molecule has 2 aromatic carbocycles. The zero-order chi connectivity index (χ0) is 29.7. The number of hydrogen-bond donors (Lipinski definition) is 4. The fraction of sp³-hybridized carbons (Fsp3) is 0.448. The molecular formula is C29H36F3N5O4. The van der Waals surface area contributed by atoms with Crippen molar-refractivity contribution in [1.82, 2.24) is 15.4 Å². The van der Waals surface area contributed by atoms with E-state index in [4.69, 9.17) is 4.74 Å². The van der Waals surface area contributed by atoms with Gasteiger partial charge in [0.15, 0.2) is 17.5 Å². The van der Waals surface area contributed by atoms with Gasteiger partial charge in [-0.1, -0.05) is 0 Å². The summed E-state index contributed by atoms with van der Waals surface area (Å²) in [4.78, 5) is 21.4. The number of aromatic nitrogens is 1. The Morgan fingerprint density at radius 1 is 1.17 bits per heavy atom. The summed E-state index contributed by atoms with van der Waals surface area (Å²) in [5.41, 5.74) is 3.22. The lowest BCUT2D eigenvalue weighted by molar-refractivity contribution is -0.143. The van der Waals surface area contributed by atoms with Crippen LogP contribution in [0.5, 0.6) is 5.75 Å². The molecule has 4 rings (SSSR count). The third-order valence-corrected chi connectivity index (χ3v) is 7.94. The van der Waals surface area contributed by atoms with E-state index in [1.54, 1.807) is 19.4 Å². The first-order valence-electron chi connectivity index (χ1n) is 13.5. The number of aliphatic hydroxyl groups excluding tert-OH is 1. The average Bonchev–Trinajstić information content (AvgIpc) is 2.97. The lowest BCUT2D eigenvalue weighted by Gasteiger charge is -2.40. The number of carbonyl (C=O) groups excluding carboxylic acids is 1. The van der Waals surface area contributed by atoms with Crippen molar-refractivity contribution >= 4 is 28.2 Å². The highest BCUT2D eigenvalue weighted by Gasteiger charge is 2.41. The third-order valence-electron chi connectivity index (χ3n) is 7.94. The maximum atomic E-state index is 13.5. The van der Waals surface area contributed by atoms with Crippen LogP contribution in [-0.4, -0.2) is 73.5 Å². The lowest BCUT2D eigenvalue weighted by Crippen LogP contribution is -2.49. The molecule has 0 unspecified atom stereocenters. The molecule has 1 aromatic heterocycles. The molecule has 0 aliphatic carbocycles. The second-order valence-electron chi connectivity index (χ2n) is 10.6. The Bertz CT molecular complexity index is 1360. The van der Waals surface area contributed by atoms with Crippen LogP contribution in [0, 0.1) is 22.9 Å². The Labute approximate surface area is 236 Å². The number of hydrogen-bond acceptors (Lipinski definition) is 8. The summed E-state index contributed by atoms with van der Waals surface area (Å²) in [5, 5.41) is 24.7. The first-order valence-corrected chi connectivity index (χ1v) is 13.5. The summed E-state index contributed by atoms with van der Waals surface area (Å²) < 4.78 is 45.5. The Morgan fingerprint density at radius 3 is 2.46 bits per heavy atom. The molecule has 0 saturated carbocycles. The largest absolute Gasteiger partial charge is 0.497 e. The quantitative estimate of drug-likeness (QED) is 0.153. The van der Waals surface area contributed by atoms with E-state index in [1.165, 1.54) is 0 Å². The summed E-state index contributed by atoms with van der Waals surface area (Å²) in [7, 11) is 5.31. The van der Waals surface area contributed by atoms with E-state index in [1.807, 2.05) is 36.6 Å². The molecule has 1 fully saturated rings. The number of likely N-dealkylation sites (tertiary alicyclic amines) is 1. The van der Waals surface area contributed by atoms with Gasteiger partial charge in [-0.05, 0) is 57.0 Å². The highest BCUT2D eigenvalue weighted by molar-refractivity contribution is 5.88. The van der Waals surface area contributed by atoms with Gasteiger partial charge in [-0.25, -0.2) is 18.7 Å². The molecule has 0 radical (unpaired) electrons. The van der Waals surface area contributed by atoms with Crippen LogP contribution in [0.25, 0.3) is 10.9 Å². The van der Waals surface area contributed by atoms with E-state index >= 15 is 0 Å². The van der Waals surface area contributed by atoms with Crippen LogP contribution in [0.3, 0.4) is 0 Å². The molecule has 1 amide bonds. The number of halogens is 3. The normalized spacial score (nSPS) is 15.9. The number of methoxy groups -OCH3 is 1. The fourth-order valence-corrected chi connectivity index (χ4v) is 5.50. The molecule has 3 aromatic rings. The number of carbonyl (C=O) groups is 1. The van der Waals surface area contributed by atoms with Gasteiger partial charge in [0.2, 0.25) is 5.91 Å². The van der Waals surface area contributed by atoms with Crippen molar-refractivity contribution in [3.63, 3.8) is 0 Å². The van der Waals surface area contributed by atoms with Crippen molar-refractivity contribution in [2.45, 2.75) is 31.8 Å². The number of rotatable bonds is 11. The molecule has 0 spiro atoms. The summed E-state index contributed by atoms with van der Waals surface area (Å²) in [6.45, 7) is 1.96. The number of nitrogens with one attached hydrogen (secondary N) is 2. The summed E-state index contributed by atoms with van der Waals surface area (Å²) in [6, 6.07) is 7.28. The van der Waals surface area contributed by atoms with Crippen molar-refractivity contribution in [3.05, 3.63) is 59.5 Å². The molecule has 1 saturated heterocycles. The zero-order valence-electron chi connectivity index (χ0n) is 23.4. The standard InChI is InChI=1S/C29H36F3N5O4/c1-36(2)24-17-34-23-5-4-19(41-3)16-20(23)26(24)25(38)6-7-29(28(39)35-40)8-11-37(12-9-29)13-10-33-18-14-21(30)27(32)22(31)15-18/h4-5,14-17,25,33,38,40H,6-13H2,1-3H3,(H,35,39)/t25-/m1/s1. The minimum Gasteiger partial charge on any atom is -0.497 e. The molecule has 1 aliphatic rings. The number of anilines is 2. The number of pyridine rings is 1. The number of benzene rings is 2. The van der Waals surface area contributed by atoms with E-state index in [2.05, 4.69) is 15.2 Å². The summed E-state index contributed by atoms with van der Waals surface area (Å²) in [5.74, 6) is -3.89. The highest BCUT2D eigenvalue weighted by atomic mass is 19.2. The Hall–Kier alpha value is -3.61. The van der Waals surface area contributed by atoms with Gasteiger partial charge in [0.1, 0.15) is 5.75 Å². The van der Waals surface area contributed by atoms with Crippen molar-refractivity contribution in [3.8, 4) is 5.75 Å². The maximum Gasteiger partial charge on any atom is 0.249 e. The van der Waals surface area contributed by atoms with Crippen molar-refractivity contribution in [2.75, 3.05) is 57.6 Å².